The van der Waals surface area contributed by atoms with Crippen molar-refractivity contribution >= 4 is 0 Å². The molecular formula is C13H20N3O6+. The zero-order valence-electron chi connectivity index (χ0n) is 12.0. The average Bonchev–Trinajstić information content (AvgIpc) is 2.77. The zero-order valence-corrected chi connectivity index (χ0v) is 12.0. The molecule has 0 spiro atoms. The van der Waals surface area contributed by atoms with E-state index in [4.69, 9.17) is 9.47 Å². The summed E-state index contributed by atoms with van der Waals surface area (Å²) < 4.78 is 12.0. The number of H-pyrrole nitrogens is 1. The van der Waals surface area contributed by atoms with Crippen molar-refractivity contribution in [3.05, 3.63) is 33.1 Å². The fourth-order valence-electron chi connectivity index (χ4n) is 2.90. The summed E-state index contributed by atoms with van der Waals surface area (Å²) in [6.45, 7) is 3.46. The molecule has 0 bridgehead atoms. The van der Waals surface area contributed by atoms with Crippen molar-refractivity contribution in [2.75, 3.05) is 32.8 Å². The van der Waals surface area contributed by atoms with Gasteiger partial charge in [0.05, 0.1) is 13.2 Å². The smallest absolute Gasteiger partial charge is 0.330 e. The van der Waals surface area contributed by atoms with E-state index < -0.39 is 35.8 Å². The van der Waals surface area contributed by atoms with Crippen molar-refractivity contribution in [3.8, 4) is 0 Å². The number of aromatic nitrogens is 2. The number of aliphatic hydroxyl groups excluding tert-OH is 2. The quantitative estimate of drug-likeness (QED) is 0.453. The molecule has 4 N–H and O–H groups in total. The lowest BCUT2D eigenvalue weighted by molar-refractivity contribution is -0.911. The van der Waals surface area contributed by atoms with E-state index in [0.29, 0.717) is 19.8 Å². The topological polar surface area (TPSA) is 118 Å². The van der Waals surface area contributed by atoms with Crippen LogP contribution in [0.15, 0.2) is 21.9 Å². The summed E-state index contributed by atoms with van der Waals surface area (Å²) in [5.41, 5.74) is -1.20. The Labute approximate surface area is 125 Å². The number of hydrogen-bond acceptors (Lipinski definition) is 6. The first-order valence-corrected chi connectivity index (χ1v) is 7.30. The van der Waals surface area contributed by atoms with E-state index in [1.807, 2.05) is 0 Å². The lowest BCUT2D eigenvalue weighted by Crippen LogP contribution is -3.15. The Morgan fingerprint density at radius 1 is 1.27 bits per heavy atom. The minimum absolute atomic E-state index is 0.524. The first-order chi connectivity index (χ1) is 10.6. The second kappa shape index (κ2) is 6.31. The molecule has 9 nitrogen and oxygen atoms in total. The van der Waals surface area contributed by atoms with Crippen LogP contribution in [0.5, 0.6) is 0 Å². The van der Waals surface area contributed by atoms with Crippen molar-refractivity contribution < 1.29 is 24.6 Å². The Hall–Kier alpha value is -1.52. The monoisotopic (exact) mass is 314 g/mol. The highest BCUT2D eigenvalue weighted by atomic mass is 16.6. The fraction of sp³-hybridized carbons (Fsp3) is 0.692. The standard InChI is InChI=1S/C13H19N3O6/c17-9-1-2-16(13(20)14-9)12-11(19)10(18)8(22-12)7-15-3-5-21-6-4-15/h1-2,8,10-12,18-19H,3-7H2,(H,14,17,20)/p+1/t8-,10-,11+,12+/m0/s1. The summed E-state index contributed by atoms with van der Waals surface area (Å²) >= 11 is 0. The molecular weight excluding hydrogens is 294 g/mol. The summed E-state index contributed by atoms with van der Waals surface area (Å²) in [7, 11) is 0. The molecule has 0 unspecified atom stereocenters. The molecule has 0 radical (unpaired) electrons. The molecule has 1 aromatic rings. The summed E-state index contributed by atoms with van der Waals surface area (Å²) in [6, 6.07) is 1.17. The van der Waals surface area contributed by atoms with Gasteiger partial charge in [-0.1, -0.05) is 0 Å². The molecule has 9 heteroatoms. The van der Waals surface area contributed by atoms with Crippen LogP contribution in [-0.4, -0.2) is 70.9 Å². The van der Waals surface area contributed by atoms with Gasteiger partial charge in [0, 0.05) is 12.3 Å². The number of morpholine rings is 1. The summed E-state index contributed by atoms with van der Waals surface area (Å²) in [5.74, 6) is 0. The first-order valence-electron chi connectivity index (χ1n) is 7.30. The van der Waals surface area contributed by atoms with Crippen LogP contribution < -0.4 is 16.1 Å². The van der Waals surface area contributed by atoms with Crippen LogP contribution in [0.4, 0.5) is 0 Å². The predicted molar refractivity (Wildman–Crippen MR) is 73.6 cm³/mol. The maximum absolute atomic E-state index is 11.8. The van der Waals surface area contributed by atoms with Crippen molar-refractivity contribution in [2.24, 2.45) is 0 Å². The number of aromatic amines is 1. The number of quaternary nitrogens is 1. The van der Waals surface area contributed by atoms with Gasteiger partial charge in [-0.15, -0.1) is 0 Å². The molecule has 122 valence electrons. The van der Waals surface area contributed by atoms with Gasteiger partial charge in [-0.05, 0) is 0 Å². The van der Waals surface area contributed by atoms with Crippen LogP contribution in [-0.2, 0) is 9.47 Å². The largest absolute Gasteiger partial charge is 0.387 e. The number of nitrogens with one attached hydrogen (secondary N) is 2. The second-order valence-corrected chi connectivity index (χ2v) is 5.63. The molecule has 1 aromatic heterocycles. The molecule has 0 aromatic carbocycles. The van der Waals surface area contributed by atoms with Gasteiger partial charge in [0.15, 0.2) is 6.23 Å². The molecule has 2 fully saturated rings. The first kappa shape index (κ1) is 15.4. The molecule has 2 aliphatic heterocycles. The van der Waals surface area contributed by atoms with Crippen molar-refractivity contribution in [2.45, 2.75) is 24.5 Å². The van der Waals surface area contributed by atoms with Crippen molar-refractivity contribution in [1.29, 1.82) is 0 Å². The summed E-state index contributed by atoms with van der Waals surface area (Å²) in [5, 5.41) is 20.3. The van der Waals surface area contributed by atoms with E-state index in [1.165, 1.54) is 17.2 Å². The second-order valence-electron chi connectivity index (χ2n) is 5.63. The van der Waals surface area contributed by atoms with Crippen LogP contribution >= 0.6 is 0 Å². The molecule has 0 amide bonds. The molecule has 2 aliphatic rings. The Kier molecular flexibility index (Phi) is 4.41. The lowest BCUT2D eigenvalue weighted by Gasteiger charge is -2.26. The minimum atomic E-state index is -1.23. The third kappa shape index (κ3) is 2.99. The van der Waals surface area contributed by atoms with Gasteiger partial charge in [-0.3, -0.25) is 14.3 Å². The number of aliphatic hydroxyl groups is 2. The fourth-order valence-corrected chi connectivity index (χ4v) is 2.90. The van der Waals surface area contributed by atoms with Gasteiger partial charge in [-0.25, -0.2) is 4.79 Å². The Morgan fingerprint density at radius 3 is 2.68 bits per heavy atom. The highest BCUT2D eigenvalue weighted by molar-refractivity contribution is 4.93. The van der Waals surface area contributed by atoms with Crippen molar-refractivity contribution in [1.82, 2.24) is 9.55 Å². The van der Waals surface area contributed by atoms with E-state index in [9.17, 15) is 19.8 Å². The van der Waals surface area contributed by atoms with Crippen LogP contribution in [0.1, 0.15) is 6.23 Å². The third-order valence-corrected chi connectivity index (χ3v) is 4.15. The van der Waals surface area contributed by atoms with Crippen LogP contribution in [0.3, 0.4) is 0 Å². The summed E-state index contributed by atoms with van der Waals surface area (Å²) in [6.07, 6.45) is -2.64. The number of nitrogens with zero attached hydrogens (tertiary/aromatic N) is 1. The molecule has 3 heterocycles. The normalized spacial score (nSPS) is 33.2. The van der Waals surface area contributed by atoms with Crippen LogP contribution in [0.2, 0.25) is 0 Å². The Morgan fingerprint density at radius 2 is 2.00 bits per heavy atom. The maximum Gasteiger partial charge on any atom is 0.330 e. The van der Waals surface area contributed by atoms with E-state index in [-0.39, 0.29) is 0 Å². The van der Waals surface area contributed by atoms with E-state index in [1.54, 1.807) is 0 Å². The Balaban J connectivity index is 1.74. The highest BCUT2D eigenvalue weighted by Gasteiger charge is 2.45. The summed E-state index contributed by atoms with van der Waals surface area (Å²) in [4.78, 5) is 26.2. The average molecular weight is 314 g/mol. The molecule has 4 atom stereocenters. The van der Waals surface area contributed by atoms with Gasteiger partial charge < -0.3 is 24.6 Å². The lowest BCUT2D eigenvalue weighted by atomic mass is 10.1. The maximum atomic E-state index is 11.8. The van der Waals surface area contributed by atoms with Crippen LogP contribution in [0, 0.1) is 0 Å². The molecule has 3 rings (SSSR count). The number of ether oxygens (including phenoxy) is 2. The molecule has 2 saturated heterocycles. The van der Waals surface area contributed by atoms with Gasteiger partial charge in [-0.2, -0.15) is 0 Å². The third-order valence-electron chi connectivity index (χ3n) is 4.15. The Bertz CT molecular complexity index is 623. The van der Waals surface area contributed by atoms with E-state index in [2.05, 4.69) is 4.98 Å². The highest BCUT2D eigenvalue weighted by Crippen LogP contribution is 2.27. The SMILES string of the molecule is O=c1ccn([C@@H]2O[C@@H](C[NH+]3CCOCC3)[C@H](O)[C@H]2O)c(=O)[nH]1. The molecule has 22 heavy (non-hydrogen) atoms. The van der Waals surface area contributed by atoms with Crippen LogP contribution in [0.25, 0.3) is 0 Å². The van der Waals surface area contributed by atoms with E-state index >= 15 is 0 Å². The van der Waals surface area contributed by atoms with Crippen molar-refractivity contribution in [3.63, 3.8) is 0 Å². The van der Waals surface area contributed by atoms with Gasteiger partial charge in [0.2, 0.25) is 0 Å². The zero-order chi connectivity index (χ0) is 15.7. The minimum Gasteiger partial charge on any atom is -0.387 e. The molecule has 0 aliphatic carbocycles. The number of rotatable bonds is 3. The number of hydrogen-bond donors (Lipinski definition) is 4. The van der Waals surface area contributed by atoms with Gasteiger partial charge in [0.1, 0.15) is 37.9 Å². The van der Waals surface area contributed by atoms with Gasteiger partial charge >= 0.3 is 5.69 Å². The van der Waals surface area contributed by atoms with Gasteiger partial charge in [0.25, 0.3) is 5.56 Å². The van der Waals surface area contributed by atoms with E-state index in [0.717, 1.165) is 17.7 Å². The predicted octanol–water partition coefficient (Wildman–Crippen LogP) is -3.93. The molecule has 0 saturated carbocycles.